The molecule has 1 aliphatic carbocycles. The molecular formula is C22H22BrN7S. The zero-order chi connectivity index (χ0) is 20.8. The molecule has 0 radical (unpaired) electrons. The Morgan fingerprint density at radius 3 is 2.94 bits per heavy atom. The third kappa shape index (κ3) is 3.76. The molecule has 4 heterocycles. The van der Waals surface area contributed by atoms with Crippen LogP contribution in [0.3, 0.4) is 0 Å². The largest absolute Gasteiger partial charge is 0.357 e. The highest BCUT2D eigenvalue weighted by Crippen LogP contribution is 2.33. The van der Waals surface area contributed by atoms with Crippen molar-refractivity contribution in [3.63, 3.8) is 0 Å². The van der Waals surface area contributed by atoms with E-state index < -0.39 is 0 Å². The molecule has 7 nitrogen and oxygen atoms in total. The third-order valence-corrected chi connectivity index (χ3v) is 7.66. The van der Waals surface area contributed by atoms with E-state index in [2.05, 4.69) is 71.1 Å². The average molecular weight is 496 g/mol. The summed E-state index contributed by atoms with van der Waals surface area (Å²) in [5, 5.41) is 14.3. The topological polar surface area (TPSA) is 79.2 Å². The van der Waals surface area contributed by atoms with Gasteiger partial charge in [-0.3, -0.25) is 10.9 Å². The van der Waals surface area contributed by atoms with Crippen molar-refractivity contribution in [2.45, 2.75) is 31.3 Å². The number of hydrazine groups is 1. The third-order valence-electron chi connectivity index (χ3n) is 6.24. The van der Waals surface area contributed by atoms with Crippen LogP contribution in [0, 0.1) is 5.92 Å². The van der Waals surface area contributed by atoms with Crippen LogP contribution in [0.5, 0.6) is 0 Å². The van der Waals surface area contributed by atoms with E-state index in [0.717, 1.165) is 56.5 Å². The molecule has 1 aromatic carbocycles. The zero-order valence-electron chi connectivity index (χ0n) is 16.8. The Kier molecular flexibility index (Phi) is 4.98. The van der Waals surface area contributed by atoms with E-state index in [-0.39, 0.29) is 0 Å². The van der Waals surface area contributed by atoms with E-state index in [1.165, 1.54) is 6.42 Å². The van der Waals surface area contributed by atoms with Crippen molar-refractivity contribution in [2.24, 2.45) is 5.92 Å². The van der Waals surface area contributed by atoms with Gasteiger partial charge in [-0.2, -0.15) is 0 Å². The number of aromatic nitrogens is 4. The normalized spacial score (nSPS) is 23.2. The van der Waals surface area contributed by atoms with Gasteiger partial charge in [-0.15, -0.1) is 10.2 Å². The maximum Gasteiger partial charge on any atom is 0.206 e. The van der Waals surface area contributed by atoms with Crippen LogP contribution < -0.4 is 16.2 Å². The maximum absolute atomic E-state index is 4.90. The fourth-order valence-electron chi connectivity index (χ4n) is 4.64. The number of pyridine rings is 1. The summed E-state index contributed by atoms with van der Waals surface area (Å²) in [5.74, 6) is 0.689. The minimum Gasteiger partial charge on any atom is -0.357 e. The first-order valence-corrected chi connectivity index (χ1v) is 12.2. The van der Waals surface area contributed by atoms with Gasteiger partial charge in [-0.1, -0.05) is 39.4 Å². The van der Waals surface area contributed by atoms with Gasteiger partial charge in [0, 0.05) is 41.1 Å². The minimum absolute atomic E-state index is 0.454. The van der Waals surface area contributed by atoms with Crippen LogP contribution in [0.25, 0.3) is 27.5 Å². The van der Waals surface area contributed by atoms with Crippen molar-refractivity contribution in [1.82, 2.24) is 30.4 Å². The summed E-state index contributed by atoms with van der Waals surface area (Å²) in [6, 6.07) is 13.4. The zero-order valence-corrected chi connectivity index (χ0v) is 19.2. The Bertz CT molecular complexity index is 1220. The van der Waals surface area contributed by atoms with Crippen LogP contribution in [0.2, 0.25) is 0 Å². The summed E-state index contributed by atoms with van der Waals surface area (Å²) >= 11 is 5.10. The van der Waals surface area contributed by atoms with Gasteiger partial charge in [0.05, 0.1) is 11.3 Å². The Labute approximate surface area is 192 Å². The van der Waals surface area contributed by atoms with Gasteiger partial charge < -0.3 is 9.72 Å². The molecule has 3 unspecified atom stereocenters. The molecule has 3 N–H and O–H groups in total. The van der Waals surface area contributed by atoms with Crippen molar-refractivity contribution in [3.05, 3.63) is 53.3 Å². The number of hydrogen-bond acceptors (Lipinski definition) is 7. The van der Waals surface area contributed by atoms with E-state index in [4.69, 9.17) is 4.98 Å². The van der Waals surface area contributed by atoms with Crippen molar-refractivity contribution < 1.29 is 0 Å². The van der Waals surface area contributed by atoms with Gasteiger partial charge in [0.2, 0.25) is 5.13 Å². The second-order valence-corrected chi connectivity index (χ2v) is 10.1. The summed E-state index contributed by atoms with van der Waals surface area (Å²) < 4.78 is 3.12. The van der Waals surface area contributed by atoms with Crippen LogP contribution in [-0.2, 0) is 0 Å². The van der Waals surface area contributed by atoms with E-state index >= 15 is 0 Å². The van der Waals surface area contributed by atoms with Crippen LogP contribution in [0.15, 0.2) is 53.3 Å². The second kappa shape index (κ2) is 7.98. The van der Waals surface area contributed by atoms with Crippen LogP contribution in [0.1, 0.15) is 19.3 Å². The SMILES string of the molecule is Brc1ccc(-c2cn3cccc(-c4nnc(NC5CCC6NNCC6C5)s4)c3n2)cc1. The van der Waals surface area contributed by atoms with Gasteiger partial charge in [0.1, 0.15) is 5.65 Å². The molecule has 158 valence electrons. The summed E-state index contributed by atoms with van der Waals surface area (Å²) in [7, 11) is 0. The Balaban J connectivity index is 1.26. The second-order valence-electron chi connectivity index (χ2n) is 8.24. The molecule has 1 aliphatic heterocycles. The van der Waals surface area contributed by atoms with Gasteiger partial charge in [0.25, 0.3) is 0 Å². The van der Waals surface area contributed by atoms with E-state index in [1.54, 1.807) is 11.3 Å². The fraction of sp³-hybridized carbons (Fsp3) is 0.318. The van der Waals surface area contributed by atoms with Crippen molar-refractivity contribution in [1.29, 1.82) is 0 Å². The molecule has 2 fully saturated rings. The summed E-state index contributed by atoms with van der Waals surface area (Å²) in [6.07, 6.45) is 7.58. The number of halogens is 1. The first kappa shape index (κ1) is 19.4. The van der Waals surface area contributed by atoms with Gasteiger partial charge in [-0.25, -0.2) is 4.98 Å². The highest BCUT2D eigenvalue weighted by atomic mass is 79.9. The summed E-state index contributed by atoms with van der Waals surface area (Å²) in [4.78, 5) is 4.90. The number of nitrogens with one attached hydrogen (secondary N) is 3. The van der Waals surface area contributed by atoms with E-state index in [1.807, 2.05) is 24.4 Å². The van der Waals surface area contributed by atoms with Crippen molar-refractivity contribution in [3.8, 4) is 21.8 Å². The molecular weight excluding hydrogens is 474 g/mol. The first-order valence-electron chi connectivity index (χ1n) is 10.6. The van der Waals surface area contributed by atoms with E-state index in [0.29, 0.717) is 18.0 Å². The van der Waals surface area contributed by atoms with Gasteiger partial charge in [-0.05, 0) is 49.4 Å². The molecule has 0 spiro atoms. The van der Waals surface area contributed by atoms with Crippen molar-refractivity contribution in [2.75, 3.05) is 11.9 Å². The van der Waals surface area contributed by atoms with Crippen LogP contribution in [-0.4, -0.2) is 38.2 Å². The molecule has 2 aliphatic rings. The highest BCUT2D eigenvalue weighted by molar-refractivity contribution is 9.10. The van der Waals surface area contributed by atoms with Crippen LogP contribution >= 0.6 is 27.3 Å². The molecule has 3 aromatic heterocycles. The Hall–Kier alpha value is -2.33. The Morgan fingerprint density at radius 2 is 2.03 bits per heavy atom. The Morgan fingerprint density at radius 1 is 1.13 bits per heavy atom. The standard InChI is InChI=1S/C22H22BrN7S/c23-15-5-3-13(4-6-15)19-12-30-9-1-2-17(20(30)26-19)21-28-29-22(31-21)25-16-7-8-18-14(10-16)11-24-27-18/h1-6,9,12,14,16,18,24,27H,7-8,10-11H2,(H,25,29). The number of imidazole rings is 1. The lowest BCUT2D eigenvalue weighted by atomic mass is 9.83. The first-order chi connectivity index (χ1) is 15.2. The average Bonchev–Trinajstić information content (AvgIpc) is 3.53. The van der Waals surface area contributed by atoms with Crippen molar-refractivity contribution >= 4 is 38.0 Å². The van der Waals surface area contributed by atoms with Gasteiger partial charge >= 0.3 is 0 Å². The highest BCUT2D eigenvalue weighted by Gasteiger charge is 2.34. The molecule has 0 bridgehead atoms. The smallest absolute Gasteiger partial charge is 0.206 e. The molecule has 4 aromatic rings. The number of nitrogens with zero attached hydrogens (tertiary/aromatic N) is 4. The summed E-state index contributed by atoms with van der Waals surface area (Å²) in [5.41, 5.74) is 10.6. The lowest BCUT2D eigenvalue weighted by Crippen LogP contribution is -2.39. The minimum atomic E-state index is 0.454. The summed E-state index contributed by atoms with van der Waals surface area (Å²) in [6.45, 7) is 1.05. The molecule has 1 saturated heterocycles. The number of anilines is 1. The quantitative estimate of drug-likeness (QED) is 0.390. The monoisotopic (exact) mass is 495 g/mol. The molecule has 0 amide bonds. The predicted molar refractivity (Wildman–Crippen MR) is 127 cm³/mol. The number of rotatable bonds is 4. The molecule has 9 heteroatoms. The van der Waals surface area contributed by atoms with E-state index in [9.17, 15) is 0 Å². The predicted octanol–water partition coefficient (Wildman–Crippen LogP) is 4.34. The molecule has 31 heavy (non-hydrogen) atoms. The number of fused-ring (bicyclic) bond motifs is 2. The van der Waals surface area contributed by atoms with Gasteiger partial charge in [0.15, 0.2) is 5.01 Å². The number of hydrogen-bond donors (Lipinski definition) is 3. The lowest BCUT2D eigenvalue weighted by molar-refractivity contribution is 0.314. The number of benzene rings is 1. The molecule has 1 saturated carbocycles. The van der Waals surface area contributed by atoms with Crippen LogP contribution in [0.4, 0.5) is 5.13 Å². The molecule has 3 atom stereocenters. The lowest BCUT2D eigenvalue weighted by Gasteiger charge is -2.30. The maximum atomic E-state index is 4.90. The molecule has 6 rings (SSSR count). The fourth-order valence-corrected chi connectivity index (χ4v) is 5.74.